The quantitative estimate of drug-likeness (QED) is 0.173. The molecule has 1 heterocycles. The van der Waals surface area contributed by atoms with Gasteiger partial charge in [-0.3, -0.25) is 19.2 Å². The summed E-state index contributed by atoms with van der Waals surface area (Å²) < 4.78 is 0. The molecule has 0 aromatic rings. The van der Waals surface area contributed by atoms with E-state index < -0.39 is 66.3 Å². The number of rotatable bonds is 12. The van der Waals surface area contributed by atoms with Gasteiger partial charge in [-0.05, 0) is 38.6 Å². The number of carboxylic acid groups (broad SMARTS) is 1. The van der Waals surface area contributed by atoms with E-state index in [1.54, 1.807) is 13.8 Å². The molecule has 1 fully saturated rings. The van der Waals surface area contributed by atoms with Gasteiger partial charge in [-0.15, -0.1) is 0 Å². The summed E-state index contributed by atoms with van der Waals surface area (Å²) in [4.78, 5) is 60.4. The van der Waals surface area contributed by atoms with E-state index >= 15 is 0 Å². The van der Waals surface area contributed by atoms with Gasteiger partial charge in [-0.25, -0.2) is 4.79 Å². The average molecular weight is 444 g/mol. The minimum absolute atomic E-state index is 0.0374. The summed E-state index contributed by atoms with van der Waals surface area (Å²) in [6.07, 6.45) is -0.365. The predicted octanol–water partition coefficient (Wildman–Crippen LogP) is -2.42. The highest BCUT2D eigenvalue weighted by atomic mass is 16.4. The van der Waals surface area contributed by atoms with E-state index in [1.807, 2.05) is 0 Å². The van der Waals surface area contributed by atoms with Crippen molar-refractivity contribution in [3.63, 3.8) is 0 Å². The lowest BCUT2D eigenvalue weighted by Crippen LogP contribution is -2.60. The average Bonchev–Trinajstić information content (AvgIpc) is 3.18. The smallest absolute Gasteiger partial charge is 0.326 e. The summed E-state index contributed by atoms with van der Waals surface area (Å²) >= 11 is 0. The molecule has 1 saturated heterocycles. The molecule has 8 N–H and O–H groups in total. The highest BCUT2D eigenvalue weighted by Crippen LogP contribution is 2.08. The standard InChI is InChI=1S/C19H33N5O7/c1-9(2)7-13(19(30)31)23-17(28)12(8-14(20)26)22-18(29)15(10(3)25)24-16(27)11-5-4-6-21-11/h9-13,15,21,25H,4-8H2,1-3H3,(H2,20,26)(H,22,29)(H,23,28)(H,24,27)(H,30,31). The fourth-order valence-electron chi connectivity index (χ4n) is 3.20. The fraction of sp³-hybridized carbons (Fsp3) is 0.737. The molecule has 31 heavy (non-hydrogen) atoms. The number of aliphatic carboxylic acids is 1. The number of nitrogens with two attached hydrogens (primary N) is 1. The monoisotopic (exact) mass is 443 g/mol. The summed E-state index contributed by atoms with van der Waals surface area (Å²) in [6, 6.07) is -4.57. The number of carboxylic acids is 1. The van der Waals surface area contributed by atoms with E-state index in [1.165, 1.54) is 6.92 Å². The number of aliphatic hydroxyl groups excluding tert-OH is 1. The lowest BCUT2D eigenvalue weighted by molar-refractivity contribution is -0.143. The zero-order chi connectivity index (χ0) is 23.7. The molecule has 0 bridgehead atoms. The van der Waals surface area contributed by atoms with Gasteiger partial charge in [0.2, 0.25) is 23.6 Å². The molecule has 5 atom stereocenters. The van der Waals surface area contributed by atoms with Crippen LogP contribution in [0, 0.1) is 5.92 Å². The van der Waals surface area contributed by atoms with Crippen LogP contribution in [0.4, 0.5) is 0 Å². The van der Waals surface area contributed by atoms with Crippen LogP contribution in [0.5, 0.6) is 0 Å². The Morgan fingerprint density at radius 3 is 2.10 bits per heavy atom. The lowest BCUT2D eigenvalue weighted by atomic mass is 10.0. The molecule has 4 amide bonds. The van der Waals surface area contributed by atoms with Crippen molar-refractivity contribution in [2.24, 2.45) is 11.7 Å². The van der Waals surface area contributed by atoms with Crippen LogP contribution in [0.1, 0.15) is 46.5 Å². The molecule has 0 aliphatic carbocycles. The van der Waals surface area contributed by atoms with Gasteiger partial charge in [-0.2, -0.15) is 0 Å². The summed E-state index contributed by atoms with van der Waals surface area (Å²) in [5.74, 6) is -4.48. The zero-order valence-electron chi connectivity index (χ0n) is 18.0. The lowest BCUT2D eigenvalue weighted by Gasteiger charge is -2.26. The van der Waals surface area contributed by atoms with E-state index in [2.05, 4.69) is 21.3 Å². The SMILES string of the molecule is CC(C)CC(NC(=O)C(CC(N)=O)NC(=O)C(NC(=O)C1CCCN1)C(C)O)C(=O)O. The van der Waals surface area contributed by atoms with Crippen molar-refractivity contribution in [3.8, 4) is 0 Å². The second-order valence-corrected chi connectivity index (χ2v) is 8.14. The predicted molar refractivity (Wildman–Crippen MR) is 109 cm³/mol. The number of primary amides is 1. The van der Waals surface area contributed by atoms with Crippen LogP contribution in [0.15, 0.2) is 0 Å². The van der Waals surface area contributed by atoms with Crippen LogP contribution in [0.2, 0.25) is 0 Å². The molecule has 176 valence electrons. The molecule has 12 heteroatoms. The van der Waals surface area contributed by atoms with Gasteiger partial charge in [-0.1, -0.05) is 13.8 Å². The van der Waals surface area contributed by atoms with Gasteiger partial charge < -0.3 is 37.2 Å². The Hall–Kier alpha value is -2.73. The van der Waals surface area contributed by atoms with E-state index in [-0.39, 0.29) is 12.3 Å². The van der Waals surface area contributed by atoms with Crippen molar-refractivity contribution in [1.29, 1.82) is 0 Å². The second kappa shape index (κ2) is 12.2. The first-order valence-electron chi connectivity index (χ1n) is 10.3. The number of amides is 4. The summed E-state index contributed by atoms with van der Waals surface area (Å²) in [6.45, 7) is 5.50. The van der Waals surface area contributed by atoms with Crippen LogP contribution < -0.4 is 27.0 Å². The number of aliphatic hydroxyl groups is 1. The number of carbonyl (C=O) groups is 5. The van der Waals surface area contributed by atoms with Crippen LogP contribution in [-0.2, 0) is 24.0 Å². The first-order chi connectivity index (χ1) is 14.4. The maximum atomic E-state index is 12.7. The van der Waals surface area contributed by atoms with Crippen LogP contribution >= 0.6 is 0 Å². The molecule has 1 aliphatic rings. The topological polar surface area (TPSA) is 200 Å². The van der Waals surface area contributed by atoms with Crippen molar-refractivity contribution in [1.82, 2.24) is 21.3 Å². The third-order valence-electron chi connectivity index (χ3n) is 4.80. The minimum Gasteiger partial charge on any atom is -0.480 e. The molecule has 5 unspecified atom stereocenters. The second-order valence-electron chi connectivity index (χ2n) is 8.14. The largest absolute Gasteiger partial charge is 0.480 e. The Labute approximate surface area is 180 Å². The molecule has 0 spiro atoms. The van der Waals surface area contributed by atoms with Crippen molar-refractivity contribution in [2.45, 2.75) is 76.7 Å². The number of nitrogens with one attached hydrogen (secondary N) is 4. The third-order valence-corrected chi connectivity index (χ3v) is 4.80. The summed E-state index contributed by atoms with van der Waals surface area (Å²) in [7, 11) is 0. The van der Waals surface area contributed by atoms with E-state index in [4.69, 9.17) is 5.73 Å². The van der Waals surface area contributed by atoms with Gasteiger partial charge in [0.1, 0.15) is 18.1 Å². The molecule has 12 nitrogen and oxygen atoms in total. The fourth-order valence-corrected chi connectivity index (χ4v) is 3.20. The van der Waals surface area contributed by atoms with Crippen molar-refractivity contribution >= 4 is 29.6 Å². The number of carbonyl (C=O) groups excluding carboxylic acids is 4. The Morgan fingerprint density at radius 2 is 1.65 bits per heavy atom. The molecule has 1 rings (SSSR count). The van der Waals surface area contributed by atoms with Gasteiger partial charge in [0.15, 0.2) is 0 Å². The van der Waals surface area contributed by atoms with Crippen LogP contribution in [0.25, 0.3) is 0 Å². The first kappa shape index (κ1) is 26.3. The molecular weight excluding hydrogens is 410 g/mol. The highest BCUT2D eigenvalue weighted by Gasteiger charge is 2.34. The third kappa shape index (κ3) is 8.89. The Bertz CT molecular complexity index is 677. The van der Waals surface area contributed by atoms with Gasteiger partial charge in [0.05, 0.1) is 18.6 Å². The Morgan fingerprint density at radius 1 is 1.03 bits per heavy atom. The first-order valence-corrected chi connectivity index (χ1v) is 10.3. The summed E-state index contributed by atoms with van der Waals surface area (Å²) in [5, 5.41) is 29.2. The normalized spacial score (nSPS) is 19.7. The van der Waals surface area contributed by atoms with Gasteiger partial charge in [0, 0.05) is 0 Å². The number of hydrogen-bond acceptors (Lipinski definition) is 7. The van der Waals surface area contributed by atoms with Crippen LogP contribution in [-0.4, -0.2) is 76.6 Å². The minimum atomic E-state index is -1.47. The Kier molecular flexibility index (Phi) is 10.4. The maximum absolute atomic E-state index is 12.7. The summed E-state index contributed by atoms with van der Waals surface area (Å²) in [5.41, 5.74) is 5.16. The number of hydrogen-bond donors (Lipinski definition) is 7. The van der Waals surface area contributed by atoms with Crippen LogP contribution in [0.3, 0.4) is 0 Å². The molecule has 0 saturated carbocycles. The Balaban J connectivity index is 2.89. The molecule has 0 aromatic carbocycles. The maximum Gasteiger partial charge on any atom is 0.326 e. The van der Waals surface area contributed by atoms with E-state index in [0.29, 0.717) is 13.0 Å². The molecule has 0 radical (unpaired) electrons. The molecular formula is C19H33N5O7. The van der Waals surface area contributed by atoms with E-state index in [0.717, 1.165) is 6.42 Å². The van der Waals surface area contributed by atoms with Crippen molar-refractivity contribution < 1.29 is 34.2 Å². The van der Waals surface area contributed by atoms with Gasteiger partial charge in [0.25, 0.3) is 0 Å². The molecule has 0 aromatic heterocycles. The van der Waals surface area contributed by atoms with E-state index in [9.17, 15) is 34.2 Å². The van der Waals surface area contributed by atoms with Gasteiger partial charge >= 0.3 is 5.97 Å². The highest BCUT2D eigenvalue weighted by molar-refractivity contribution is 5.96. The van der Waals surface area contributed by atoms with Crippen molar-refractivity contribution in [2.75, 3.05) is 6.54 Å². The zero-order valence-corrected chi connectivity index (χ0v) is 18.0. The molecule has 1 aliphatic heterocycles. The van der Waals surface area contributed by atoms with Crippen molar-refractivity contribution in [3.05, 3.63) is 0 Å².